The first-order valence-corrected chi connectivity index (χ1v) is 9.05. The lowest BCUT2D eigenvalue weighted by Crippen LogP contribution is -2.30. The summed E-state index contributed by atoms with van der Waals surface area (Å²) >= 11 is 6.04. The number of nitrogens with one attached hydrogen (secondary N) is 1. The van der Waals surface area contributed by atoms with Crippen LogP contribution in [0.1, 0.15) is 22.6 Å². The molecular weight excluding hydrogens is 364 g/mol. The molecule has 0 saturated heterocycles. The third kappa shape index (κ3) is 2.95. The van der Waals surface area contributed by atoms with Gasteiger partial charge in [-0.2, -0.15) is 0 Å². The molecule has 27 heavy (non-hydrogen) atoms. The van der Waals surface area contributed by atoms with Crippen LogP contribution in [0.15, 0.2) is 54.6 Å². The van der Waals surface area contributed by atoms with E-state index >= 15 is 0 Å². The summed E-state index contributed by atoms with van der Waals surface area (Å²) in [5, 5.41) is 9.58. The standard InChI is InChI=1S/C21H17ClN2O3/c22-15-10-8-14(9-11-15)18-17(13-5-2-1-3-6-13)16-7-4-12-24(16)19(18)20(25)21(26)23-27/h1-3,5-6,8-11,27H,4,7,12H2,(H,23,26). The number of hydrogen-bond acceptors (Lipinski definition) is 3. The van der Waals surface area contributed by atoms with E-state index in [2.05, 4.69) is 0 Å². The molecule has 0 unspecified atom stereocenters. The lowest BCUT2D eigenvalue weighted by atomic mass is 9.93. The molecule has 1 aliphatic heterocycles. The van der Waals surface area contributed by atoms with Crippen molar-refractivity contribution in [3.8, 4) is 22.3 Å². The molecule has 6 heteroatoms. The van der Waals surface area contributed by atoms with Crippen molar-refractivity contribution >= 4 is 23.3 Å². The summed E-state index contributed by atoms with van der Waals surface area (Å²) in [6.45, 7) is 0.655. The van der Waals surface area contributed by atoms with Gasteiger partial charge < -0.3 is 4.57 Å². The molecule has 3 aromatic rings. The monoisotopic (exact) mass is 380 g/mol. The number of hydrogen-bond donors (Lipinski definition) is 2. The number of carbonyl (C=O) groups excluding carboxylic acids is 2. The van der Waals surface area contributed by atoms with Crippen LogP contribution in [0.4, 0.5) is 0 Å². The normalized spacial score (nSPS) is 12.7. The van der Waals surface area contributed by atoms with E-state index in [1.807, 2.05) is 47.0 Å². The summed E-state index contributed by atoms with van der Waals surface area (Å²) in [5.74, 6) is -1.80. The van der Waals surface area contributed by atoms with E-state index in [0.29, 0.717) is 22.8 Å². The van der Waals surface area contributed by atoms with Crippen LogP contribution in [0.3, 0.4) is 0 Å². The number of carbonyl (C=O) groups is 2. The van der Waals surface area contributed by atoms with E-state index in [9.17, 15) is 9.59 Å². The molecule has 0 aliphatic carbocycles. The fourth-order valence-corrected chi connectivity index (χ4v) is 3.91. The average Bonchev–Trinajstić information content (AvgIpc) is 3.28. The van der Waals surface area contributed by atoms with Crippen LogP contribution in [-0.2, 0) is 17.8 Å². The highest BCUT2D eigenvalue weighted by Gasteiger charge is 2.33. The van der Waals surface area contributed by atoms with Gasteiger partial charge in [0.15, 0.2) is 0 Å². The molecule has 2 heterocycles. The minimum atomic E-state index is -1.04. The third-order valence-corrected chi connectivity index (χ3v) is 5.14. The van der Waals surface area contributed by atoms with E-state index in [-0.39, 0.29) is 0 Å². The molecule has 0 bridgehead atoms. The second-order valence-corrected chi connectivity index (χ2v) is 6.88. The van der Waals surface area contributed by atoms with Crippen LogP contribution in [0.5, 0.6) is 0 Å². The van der Waals surface area contributed by atoms with Crippen LogP contribution in [0, 0.1) is 0 Å². The molecule has 2 N–H and O–H groups in total. The zero-order valence-electron chi connectivity index (χ0n) is 14.4. The zero-order valence-corrected chi connectivity index (χ0v) is 15.2. The second kappa shape index (κ2) is 7.02. The average molecular weight is 381 g/mol. The van der Waals surface area contributed by atoms with Crippen molar-refractivity contribution in [1.29, 1.82) is 0 Å². The lowest BCUT2D eigenvalue weighted by molar-refractivity contribution is -0.124. The van der Waals surface area contributed by atoms with Crippen molar-refractivity contribution < 1.29 is 14.8 Å². The molecule has 2 aromatic carbocycles. The van der Waals surface area contributed by atoms with Crippen molar-refractivity contribution in [2.24, 2.45) is 0 Å². The smallest absolute Gasteiger partial charge is 0.317 e. The van der Waals surface area contributed by atoms with Crippen molar-refractivity contribution in [1.82, 2.24) is 10.0 Å². The van der Waals surface area contributed by atoms with E-state index in [1.54, 1.807) is 12.1 Å². The molecule has 4 rings (SSSR count). The van der Waals surface area contributed by atoms with Gasteiger partial charge in [0, 0.05) is 28.4 Å². The Hall–Kier alpha value is -2.89. The molecule has 0 atom stereocenters. The van der Waals surface area contributed by atoms with Gasteiger partial charge >= 0.3 is 5.91 Å². The maximum Gasteiger partial charge on any atom is 0.317 e. The van der Waals surface area contributed by atoms with Gasteiger partial charge in [0.25, 0.3) is 5.78 Å². The van der Waals surface area contributed by atoms with Crippen LogP contribution in [0.2, 0.25) is 5.02 Å². The minimum Gasteiger partial charge on any atom is -0.341 e. The Balaban J connectivity index is 2.05. The van der Waals surface area contributed by atoms with Gasteiger partial charge in [0.05, 0.1) is 0 Å². The fourth-order valence-electron chi connectivity index (χ4n) is 3.79. The summed E-state index contributed by atoms with van der Waals surface area (Å²) in [4.78, 5) is 24.8. The van der Waals surface area contributed by atoms with E-state index in [1.165, 1.54) is 5.48 Å². The highest BCUT2D eigenvalue weighted by Crippen LogP contribution is 2.43. The Morgan fingerprint density at radius 3 is 2.30 bits per heavy atom. The number of fused-ring (bicyclic) bond motifs is 1. The maximum absolute atomic E-state index is 12.8. The first-order valence-electron chi connectivity index (χ1n) is 8.67. The van der Waals surface area contributed by atoms with E-state index in [4.69, 9.17) is 16.8 Å². The van der Waals surface area contributed by atoms with Gasteiger partial charge in [-0.1, -0.05) is 54.1 Å². The topological polar surface area (TPSA) is 71.3 Å². The lowest BCUT2D eigenvalue weighted by Gasteiger charge is -2.10. The van der Waals surface area contributed by atoms with E-state index < -0.39 is 11.7 Å². The number of amides is 1. The van der Waals surface area contributed by atoms with Crippen molar-refractivity contribution in [2.75, 3.05) is 0 Å². The Labute approximate surface area is 161 Å². The zero-order chi connectivity index (χ0) is 19.0. The largest absolute Gasteiger partial charge is 0.341 e. The molecule has 0 saturated carbocycles. The van der Waals surface area contributed by atoms with Gasteiger partial charge in [-0.3, -0.25) is 14.8 Å². The summed E-state index contributed by atoms with van der Waals surface area (Å²) in [6, 6.07) is 17.0. The molecule has 0 spiro atoms. The number of halogens is 1. The molecule has 136 valence electrons. The Bertz CT molecular complexity index is 1020. The molecule has 5 nitrogen and oxygen atoms in total. The Morgan fingerprint density at radius 1 is 0.963 bits per heavy atom. The predicted molar refractivity (Wildman–Crippen MR) is 103 cm³/mol. The highest BCUT2D eigenvalue weighted by molar-refractivity contribution is 6.43. The molecule has 0 radical (unpaired) electrons. The summed E-state index contributed by atoms with van der Waals surface area (Å²) < 4.78 is 1.91. The Kier molecular flexibility index (Phi) is 4.56. The number of aromatic nitrogens is 1. The maximum atomic E-state index is 12.8. The van der Waals surface area contributed by atoms with Gasteiger partial charge in [0.1, 0.15) is 5.69 Å². The number of rotatable bonds is 4. The second-order valence-electron chi connectivity index (χ2n) is 6.44. The van der Waals surface area contributed by atoms with Crippen LogP contribution in [-0.4, -0.2) is 21.5 Å². The highest BCUT2D eigenvalue weighted by atomic mass is 35.5. The number of nitrogens with zero attached hydrogens (tertiary/aromatic N) is 1. The van der Waals surface area contributed by atoms with Crippen molar-refractivity contribution in [3.63, 3.8) is 0 Å². The predicted octanol–water partition coefficient (Wildman–Crippen LogP) is 4.11. The number of hydroxylamine groups is 1. The van der Waals surface area contributed by atoms with Gasteiger partial charge in [0.2, 0.25) is 0 Å². The van der Waals surface area contributed by atoms with Gasteiger partial charge in [-0.05, 0) is 36.1 Å². The third-order valence-electron chi connectivity index (χ3n) is 4.88. The number of ketones is 1. The van der Waals surface area contributed by atoms with Gasteiger partial charge in [-0.25, -0.2) is 5.48 Å². The molecule has 1 aromatic heterocycles. The molecular formula is C21H17ClN2O3. The van der Waals surface area contributed by atoms with Crippen LogP contribution < -0.4 is 5.48 Å². The molecule has 1 aliphatic rings. The number of benzene rings is 2. The minimum absolute atomic E-state index is 0.301. The van der Waals surface area contributed by atoms with Crippen LogP contribution >= 0.6 is 11.6 Å². The quantitative estimate of drug-likeness (QED) is 0.309. The van der Waals surface area contributed by atoms with Crippen LogP contribution in [0.25, 0.3) is 22.3 Å². The fraction of sp³-hybridized carbons (Fsp3) is 0.143. The van der Waals surface area contributed by atoms with E-state index in [0.717, 1.165) is 35.2 Å². The Morgan fingerprint density at radius 2 is 1.63 bits per heavy atom. The summed E-state index contributed by atoms with van der Waals surface area (Å²) in [6.07, 6.45) is 1.72. The first kappa shape index (κ1) is 17.5. The summed E-state index contributed by atoms with van der Waals surface area (Å²) in [7, 11) is 0. The molecule has 0 fully saturated rings. The number of Topliss-reactive ketones (excluding diaryl/α,β-unsaturated/α-hetero) is 1. The first-order chi connectivity index (χ1) is 13.1. The van der Waals surface area contributed by atoms with Crippen molar-refractivity contribution in [3.05, 3.63) is 71.0 Å². The van der Waals surface area contributed by atoms with Gasteiger partial charge in [-0.15, -0.1) is 0 Å². The van der Waals surface area contributed by atoms with Crippen molar-refractivity contribution in [2.45, 2.75) is 19.4 Å². The SMILES string of the molecule is O=C(NO)C(=O)c1c(-c2ccc(Cl)cc2)c(-c2ccccc2)c2n1CCC2. The molecule has 1 amide bonds. The summed E-state index contributed by atoms with van der Waals surface area (Å²) in [5.41, 5.74) is 6.22.